The van der Waals surface area contributed by atoms with Gasteiger partial charge in [-0.2, -0.15) is 0 Å². The van der Waals surface area contributed by atoms with Crippen molar-refractivity contribution in [1.82, 2.24) is 0 Å². The summed E-state index contributed by atoms with van der Waals surface area (Å²) in [7, 11) is -3.50. The molecule has 1 aliphatic rings. The first-order valence-electron chi connectivity index (χ1n) is 7.84. The predicted octanol–water partition coefficient (Wildman–Crippen LogP) is 4.27. The minimum absolute atomic E-state index is 0.0223. The minimum atomic E-state index is -3.50. The number of benzene rings is 2. The van der Waals surface area contributed by atoms with Crippen LogP contribution in [0, 0.1) is 0 Å². The third-order valence-corrected chi connectivity index (χ3v) is 6.88. The van der Waals surface area contributed by atoms with Crippen molar-refractivity contribution < 1.29 is 13.2 Å². The molecule has 4 nitrogen and oxygen atoms in total. The number of para-hydroxylation sites is 1. The van der Waals surface area contributed by atoms with Crippen LogP contribution in [0.25, 0.3) is 0 Å². The lowest BCUT2D eigenvalue weighted by Crippen LogP contribution is -2.32. The van der Waals surface area contributed by atoms with Crippen LogP contribution >= 0.6 is 23.4 Å². The topological polar surface area (TPSA) is 54.5 Å². The van der Waals surface area contributed by atoms with Crippen LogP contribution in [-0.2, 0) is 9.84 Å². The van der Waals surface area contributed by atoms with Crippen LogP contribution in [-0.4, -0.2) is 32.4 Å². The molecule has 1 atom stereocenters. The smallest absolute Gasteiger partial charge is 0.258 e. The number of amides is 1. The Balaban J connectivity index is 2.04. The Labute approximate surface area is 157 Å². The molecule has 2 aromatic rings. The zero-order valence-corrected chi connectivity index (χ0v) is 16.3. The molecule has 0 fully saturated rings. The molecule has 0 saturated heterocycles. The fraction of sp³-hybridized carbons (Fsp3) is 0.278. The van der Waals surface area contributed by atoms with Gasteiger partial charge in [-0.1, -0.05) is 30.7 Å². The Bertz CT molecular complexity index is 928. The van der Waals surface area contributed by atoms with Crippen molar-refractivity contribution in [3.8, 4) is 0 Å². The molecule has 0 aliphatic carbocycles. The van der Waals surface area contributed by atoms with Gasteiger partial charge in [0.1, 0.15) is 0 Å². The summed E-state index contributed by atoms with van der Waals surface area (Å²) in [4.78, 5) is 15.8. The number of rotatable bonds is 2. The second-order valence-electron chi connectivity index (χ2n) is 6.06. The average molecular weight is 396 g/mol. The highest BCUT2D eigenvalue weighted by molar-refractivity contribution is 8.00. The molecule has 0 N–H and O–H groups in total. The van der Waals surface area contributed by atoms with E-state index in [1.165, 1.54) is 12.1 Å². The van der Waals surface area contributed by atoms with E-state index in [1.54, 1.807) is 22.7 Å². The van der Waals surface area contributed by atoms with Crippen molar-refractivity contribution >= 4 is 44.8 Å². The van der Waals surface area contributed by atoms with Crippen molar-refractivity contribution in [2.24, 2.45) is 0 Å². The van der Waals surface area contributed by atoms with Crippen LogP contribution in [0.15, 0.2) is 52.3 Å². The van der Waals surface area contributed by atoms with Crippen LogP contribution in [0.5, 0.6) is 0 Å². The molecule has 0 spiro atoms. The summed E-state index contributed by atoms with van der Waals surface area (Å²) in [6, 6.07) is 12.2. The molecule has 0 radical (unpaired) electrons. The van der Waals surface area contributed by atoms with E-state index in [9.17, 15) is 13.2 Å². The monoisotopic (exact) mass is 395 g/mol. The lowest BCUT2D eigenvalue weighted by molar-refractivity contribution is 0.0986. The molecule has 3 rings (SSSR count). The highest BCUT2D eigenvalue weighted by Crippen LogP contribution is 2.38. The van der Waals surface area contributed by atoms with Gasteiger partial charge < -0.3 is 4.90 Å². The number of thioether (sulfide) groups is 1. The third kappa shape index (κ3) is 3.86. The molecule has 25 heavy (non-hydrogen) atoms. The zero-order valence-electron chi connectivity index (χ0n) is 13.9. The minimum Gasteiger partial charge on any atom is -0.307 e. The maximum atomic E-state index is 13.1. The van der Waals surface area contributed by atoms with Gasteiger partial charge in [0.2, 0.25) is 0 Å². The van der Waals surface area contributed by atoms with Gasteiger partial charge >= 0.3 is 0 Å². The fourth-order valence-corrected chi connectivity index (χ4v) is 5.19. The molecule has 2 aromatic carbocycles. The Morgan fingerprint density at radius 1 is 1.24 bits per heavy atom. The fourth-order valence-electron chi connectivity index (χ4n) is 2.77. The van der Waals surface area contributed by atoms with Gasteiger partial charge in [0, 0.05) is 28.5 Å². The summed E-state index contributed by atoms with van der Waals surface area (Å²) >= 11 is 7.74. The molecule has 1 heterocycles. The van der Waals surface area contributed by atoms with Crippen LogP contribution in [0.3, 0.4) is 0 Å². The summed E-state index contributed by atoms with van der Waals surface area (Å²) < 4.78 is 23.8. The van der Waals surface area contributed by atoms with Gasteiger partial charge in [0.05, 0.1) is 15.6 Å². The van der Waals surface area contributed by atoms with Gasteiger partial charge in [-0.05, 0) is 36.8 Å². The molecule has 0 bridgehead atoms. The Morgan fingerprint density at radius 3 is 2.68 bits per heavy atom. The summed E-state index contributed by atoms with van der Waals surface area (Å²) in [5, 5.41) is 0.523. The number of nitrogens with zero attached hydrogens (tertiary/aromatic N) is 1. The quantitative estimate of drug-likeness (QED) is 0.761. The highest BCUT2D eigenvalue weighted by atomic mass is 35.5. The molecular weight excluding hydrogens is 378 g/mol. The number of hydrogen-bond acceptors (Lipinski definition) is 4. The van der Waals surface area contributed by atoms with Crippen LogP contribution < -0.4 is 4.90 Å². The van der Waals surface area contributed by atoms with Gasteiger partial charge in [-0.3, -0.25) is 4.79 Å². The Hall–Kier alpha value is -1.50. The summed E-state index contributed by atoms with van der Waals surface area (Å²) in [5.41, 5.74) is 1.18. The van der Waals surface area contributed by atoms with Crippen molar-refractivity contribution in [2.75, 3.05) is 17.7 Å². The van der Waals surface area contributed by atoms with E-state index >= 15 is 0 Å². The lowest BCUT2D eigenvalue weighted by Gasteiger charge is -2.23. The highest BCUT2D eigenvalue weighted by Gasteiger charge is 2.26. The molecule has 0 aromatic heterocycles. The number of fused-ring (bicyclic) bond motifs is 1. The second kappa shape index (κ2) is 7.02. The third-order valence-electron chi connectivity index (χ3n) is 4.07. The van der Waals surface area contributed by atoms with Crippen LogP contribution in [0.1, 0.15) is 23.7 Å². The van der Waals surface area contributed by atoms with E-state index in [1.807, 2.05) is 24.3 Å². The molecule has 132 valence electrons. The van der Waals surface area contributed by atoms with E-state index in [2.05, 4.69) is 6.92 Å². The Morgan fingerprint density at radius 2 is 1.96 bits per heavy atom. The van der Waals surface area contributed by atoms with Gasteiger partial charge in [-0.15, -0.1) is 11.8 Å². The first kappa shape index (κ1) is 18.3. The first-order valence-corrected chi connectivity index (χ1v) is 11.0. The first-order chi connectivity index (χ1) is 11.8. The van der Waals surface area contributed by atoms with Gasteiger partial charge in [0.15, 0.2) is 9.84 Å². The zero-order chi connectivity index (χ0) is 18.2. The number of sulfone groups is 1. The number of halogens is 1. The van der Waals surface area contributed by atoms with E-state index in [0.29, 0.717) is 17.4 Å². The lowest BCUT2D eigenvalue weighted by atomic mass is 10.1. The van der Waals surface area contributed by atoms with Crippen molar-refractivity contribution in [3.05, 3.63) is 53.1 Å². The molecule has 0 saturated carbocycles. The Kier molecular flexibility index (Phi) is 5.14. The van der Waals surface area contributed by atoms with E-state index < -0.39 is 9.84 Å². The normalized spacial score (nSPS) is 17.7. The average Bonchev–Trinajstić information content (AvgIpc) is 2.72. The van der Waals surface area contributed by atoms with Crippen molar-refractivity contribution in [1.29, 1.82) is 0 Å². The van der Waals surface area contributed by atoms with Gasteiger partial charge in [-0.25, -0.2) is 8.42 Å². The predicted molar refractivity (Wildman–Crippen MR) is 103 cm³/mol. The number of hydrogen-bond donors (Lipinski definition) is 0. The second-order valence-corrected chi connectivity index (χ2v) is 9.93. The molecule has 7 heteroatoms. The van der Waals surface area contributed by atoms with Crippen molar-refractivity contribution in [3.63, 3.8) is 0 Å². The van der Waals surface area contributed by atoms with Crippen LogP contribution in [0.2, 0.25) is 5.02 Å². The van der Waals surface area contributed by atoms with E-state index in [-0.39, 0.29) is 15.8 Å². The maximum absolute atomic E-state index is 13.1. The van der Waals surface area contributed by atoms with Crippen molar-refractivity contribution in [2.45, 2.75) is 28.4 Å². The van der Waals surface area contributed by atoms with E-state index in [4.69, 9.17) is 11.6 Å². The maximum Gasteiger partial charge on any atom is 0.258 e. The molecule has 1 amide bonds. The summed E-state index contributed by atoms with van der Waals surface area (Å²) in [6.07, 6.45) is 1.94. The number of carbonyl (C=O) groups excluding carboxylic acids is 1. The molecule has 1 aliphatic heterocycles. The van der Waals surface area contributed by atoms with Gasteiger partial charge in [0.25, 0.3) is 5.91 Å². The number of anilines is 1. The van der Waals surface area contributed by atoms with E-state index in [0.717, 1.165) is 23.3 Å². The van der Waals surface area contributed by atoms with Crippen LogP contribution in [0.4, 0.5) is 5.69 Å². The SMILES string of the molecule is CC1CCN(C(=O)c2ccc(Cl)c(S(C)(=O)=O)c2)c2ccccc2S1. The molecule has 1 unspecified atom stereocenters. The summed E-state index contributed by atoms with van der Waals surface area (Å²) in [6.45, 7) is 2.72. The largest absolute Gasteiger partial charge is 0.307 e. The number of carbonyl (C=O) groups is 1. The molecular formula is C18H18ClNO3S2. The summed E-state index contributed by atoms with van der Waals surface area (Å²) in [5.74, 6) is -0.219. The standard InChI is InChI=1S/C18H18ClNO3S2/c1-12-9-10-20(15-5-3-4-6-16(15)24-12)18(21)13-7-8-14(19)17(11-13)25(2,22)23/h3-8,11-12H,9-10H2,1-2H3.